The summed E-state index contributed by atoms with van der Waals surface area (Å²) in [5.41, 5.74) is 0.875. The van der Waals surface area contributed by atoms with Gasteiger partial charge in [0, 0.05) is 18.1 Å². The molecule has 4 nitrogen and oxygen atoms in total. The molecule has 1 fully saturated rings. The van der Waals surface area contributed by atoms with Crippen molar-refractivity contribution in [3.8, 4) is 0 Å². The first-order chi connectivity index (χ1) is 12.4. The van der Waals surface area contributed by atoms with Crippen molar-refractivity contribution >= 4 is 27.3 Å². The van der Waals surface area contributed by atoms with Gasteiger partial charge in [-0.25, -0.2) is 12.8 Å². The lowest BCUT2D eigenvalue weighted by atomic mass is 10.1. The van der Waals surface area contributed by atoms with Crippen LogP contribution in [0.4, 0.5) is 4.39 Å². The largest absolute Gasteiger partial charge is 0.342 e. The van der Waals surface area contributed by atoms with Crippen LogP contribution >= 0.6 is 11.6 Å². The third-order valence-electron chi connectivity index (χ3n) is 4.64. The molecule has 1 aliphatic rings. The van der Waals surface area contributed by atoms with Crippen LogP contribution in [0.2, 0.25) is 5.02 Å². The minimum Gasteiger partial charge on any atom is -0.342 e. The summed E-state index contributed by atoms with van der Waals surface area (Å²) in [5.74, 6) is -0.489. The van der Waals surface area contributed by atoms with Crippen LogP contribution in [-0.4, -0.2) is 37.6 Å². The van der Waals surface area contributed by atoms with Crippen LogP contribution in [-0.2, 0) is 21.1 Å². The number of carbonyl (C=O) groups is 1. The molecule has 1 saturated heterocycles. The van der Waals surface area contributed by atoms with Crippen molar-refractivity contribution in [1.29, 1.82) is 0 Å². The number of hydrogen-bond donors (Lipinski definition) is 0. The SMILES string of the molecule is O=C(Cc1ccc(Cl)cc1)N1CCC(S(=O)(=O)c2ccc(F)cc2)CC1. The standard InChI is InChI=1S/C19H19ClFNO3S/c20-15-3-1-14(2-4-15)13-19(23)22-11-9-18(10-12-22)26(24,25)17-7-5-16(21)6-8-17/h1-8,18H,9-13H2. The van der Waals surface area contributed by atoms with Crippen LogP contribution in [0.3, 0.4) is 0 Å². The first kappa shape index (κ1) is 18.9. The fourth-order valence-electron chi connectivity index (χ4n) is 3.12. The third-order valence-corrected chi connectivity index (χ3v) is 7.17. The van der Waals surface area contributed by atoms with Gasteiger partial charge in [0.2, 0.25) is 5.91 Å². The van der Waals surface area contributed by atoms with Crippen molar-refractivity contribution in [2.24, 2.45) is 0 Å². The zero-order valence-corrected chi connectivity index (χ0v) is 15.6. The summed E-state index contributed by atoms with van der Waals surface area (Å²) in [6, 6.07) is 12.0. The zero-order valence-electron chi connectivity index (χ0n) is 14.1. The van der Waals surface area contributed by atoms with Crippen molar-refractivity contribution in [2.45, 2.75) is 29.4 Å². The second-order valence-electron chi connectivity index (χ2n) is 6.38. The van der Waals surface area contributed by atoms with Crippen LogP contribution in [0.1, 0.15) is 18.4 Å². The number of nitrogens with zero attached hydrogens (tertiary/aromatic N) is 1. The highest BCUT2D eigenvalue weighted by molar-refractivity contribution is 7.92. The Morgan fingerprint density at radius 2 is 1.62 bits per heavy atom. The lowest BCUT2D eigenvalue weighted by Crippen LogP contribution is -2.43. The van der Waals surface area contributed by atoms with Gasteiger partial charge in [0.05, 0.1) is 16.6 Å². The maximum Gasteiger partial charge on any atom is 0.226 e. The van der Waals surface area contributed by atoms with Crippen molar-refractivity contribution in [3.63, 3.8) is 0 Å². The quantitative estimate of drug-likeness (QED) is 0.744. The molecular formula is C19H19ClFNO3S. The summed E-state index contributed by atoms with van der Waals surface area (Å²) in [7, 11) is -3.51. The Morgan fingerprint density at radius 1 is 1.04 bits per heavy atom. The zero-order chi connectivity index (χ0) is 18.7. The molecule has 138 valence electrons. The van der Waals surface area contributed by atoms with Crippen molar-refractivity contribution in [1.82, 2.24) is 4.90 Å². The summed E-state index contributed by atoms with van der Waals surface area (Å²) in [5, 5.41) is 0.0700. The van der Waals surface area contributed by atoms with Gasteiger partial charge >= 0.3 is 0 Å². The molecular weight excluding hydrogens is 377 g/mol. The minimum atomic E-state index is -3.51. The van der Waals surface area contributed by atoms with Crippen molar-refractivity contribution < 1.29 is 17.6 Å². The Morgan fingerprint density at radius 3 is 2.19 bits per heavy atom. The van der Waals surface area contributed by atoms with Gasteiger partial charge in [-0.15, -0.1) is 0 Å². The molecule has 0 N–H and O–H groups in total. The monoisotopic (exact) mass is 395 g/mol. The fraction of sp³-hybridized carbons (Fsp3) is 0.316. The van der Waals surface area contributed by atoms with Gasteiger partial charge in [-0.05, 0) is 54.8 Å². The average molecular weight is 396 g/mol. The van der Waals surface area contributed by atoms with E-state index in [1.807, 2.05) is 12.1 Å². The van der Waals surface area contributed by atoms with Gasteiger partial charge in [-0.1, -0.05) is 23.7 Å². The summed E-state index contributed by atoms with van der Waals surface area (Å²) in [6.07, 6.45) is 1.03. The Balaban J connectivity index is 1.60. The summed E-state index contributed by atoms with van der Waals surface area (Å²) in [4.78, 5) is 14.2. The average Bonchev–Trinajstić information content (AvgIpc) is 2.64. The fourth-order valence-corrected chi connectivity index (χ4v) is 4.98. The number of rotatable bonds is 4. The molecule has 0 spiro atoms. The van der Waals surface area contributed by atoms with Crippen LogP contribution < -0.4 is 0 Å². The number of carbonyl (C=O) groups excluding carboxylic acids is 1. The molecule has 0 aromatic heterocycles. The number of amides is 1. The maximum absolute atomic E-state index is 13.0. The molecule has 1 aliphatic heterocycles. The summed E-state index contributed by atoms with van der Waals surface area (Å²) < 4.78 is 38.3. The smallest absolute Gasteiger partial charge is 0.226 e. The van der Waals surface area contributed by atoms with E-state index in [9.17, 15) is 17.6 Å². The van der Waals surface area contributed by atoms with Gasteiger partial charge < -0.3 is 4.90 Å². The molecule has 0 radical (unpaired) electrons. The highest BCUT2D eigenvalue weighted by Gasteiger charge is 2.32. The van der Waals surface area contributed by atoms with E-state index in [0.717, 1.165) is 17.7 Å². The van der Waals surface area contributed by atoms with Crippen LogP contribution in [0.25, 0.3) is 0 Å². The first-order valence-electron chi connectivity index (χ1n) is 8.38. The van der Waals surface area contributed by atoms with Crippen LogP contribution in [0.15, 0.2) is 53.4 Å². The van der Waals surface area contributed by atoms with E-state index in [1.54, 1.807) is 17.0 Å². The molecule has 26 heavy (non-hydrogen) atoms. The number of benzene rings is 2. The minimum absolute atomic E-state index is 0.0232. The molecule has 2 aromatic rings. The predicted molar refractivity (Wildman–Crippen MR) is 98.3 cm³/mol. The number of halogens is 2. The van der Waals surface area contributed by atoms with Gasteiger partial charge in [-0.3, -0.25) is 4.79 Å². The maximum atomic E-state index is 13.0. The lowest BCUT2D eigenvalue weighted by Gasteiger charge is -2.32. The van der Waals surface area contributed by atoms with Crippen molar-refractivity contribution in [2.75, 3.05) is 13.1 Å². The van der Waals surface area contributed by atoms with Crippen molar-refractivity contribution in [3.05, 3.63) is 64.9 Å². The molecule has 0 saturated carbocycles. The van der Waals surface area contributed by atoms with E-state index in [1.165, 1.54) is 12.1 Å². The second kappa shape index (κ2) is 7.76. The van der Waals surface area contributed by atoms with E-state index in [-0.39, 0.29) is 17.2 Å². The van der Waals surface area contributed by atoms with E-state index in [2.05, 4.69) is 0 Å². The van der Waals surface area contributed by atoms with E-state index < -0.39 is 20.9 Å². The molecule has 1 heterocycles. The van der Waals surface area contributed by atoms with Gasteiger partial charge in [0.1, 0.15) is 5.82 Å². The number of likely N-dealkylation sites (tertiary alicyclic amines) is 1. The van der Waals surface area contributed by atoms with Crippen LogP contribution in [0, 0.1) is 5.82 Å². The predicted octanol–water partition coefficient (Wildman–Crippen LogP) is 3.49. The Kier molecular flexibility index (Phi) is 5.63. The third kappa shape index (κ3) is 4.24. The van der Waals surface area contributed by atoms with E-state index in [0.29, 0.717) is 31.0 Å². The topological polar surface area (TPSA) is 54.5 Å². The Labute approximate surface area is 157 Å². The van der Waals surface area contributed by atoms with Gasteiger partial charge in [-0.2, -0.15) is 0 Å². The Hall–Kier alpha value is -1.92. The van der Waals surface area contributed by atoms with E-state index >= 15 is 0 Å². The highest BCUT2D eigenvalue weighted by Crippen LogP contribution is 2.25. The molecule has 0 atom stereocenters. The number of hydrogen-bond acceptors (Lipinski definition) is 3. The highest BCUT2D eigenvalue weighted by atomic mass is 35.5. The number of sulfone groups is 1. The molecule has 0 bridgehead atoms. The normalized spacial score (nSPS) is 15.8. The lowest BCUT2D eigenvalue weighted by molar-refractivity contribution is -0.131. The molecule has 3 rings (SSSR count). The number of piperidine rings is 1. The molecule has 0 aliphatic carbocycles. The van der Waals surface area contributed by atoms with Gasteiger partial charge in [0.15, 0.2) is 9.84 Å². The van der Waals surface area contributed by atoms with Gasteiger partial charge in [0.25, 0.3) is 0 Å². The first-order valence-corrected chi connectivity index (χ1v) is 10.3. The van der Waals surface area contributed by atoms with E-state index in [4.69, 9.17) is 11.6 Å². The van der Waals surface area contributed by atoms with Crippen LogP contribution in [0.5, 0.6) is 0 Å². The summed E-state index contributed by atoms with van der Waals surface area (Å²) in [6.45, 7) is 0.801. The molecule has 7 heteroatoms. The second-order valence-corrected chi connectivity index (χ2v) is 9.05. The summed E-state index contributed by atoms with van der Waals surface area (Å²) >= 11 is 5.84. The molecule has 0 unspecified atom stereocenters. The Bertz CT molecular complexity index is 874. The molecule has 1 amide bonds. The molecule has 2 aromatic carbocycles.